The van der Waals surface area contributed by atoms with Gasteiger partial charge in [-0.3, -0.25) is 14.9 Å². The Labute approximate surface area is 173 Å². The van der Waals surface area contributed by atoms with Crippen LogP contribution in [0.4, 0.5) is 11.4 Å². The van der Waals surface area contributed by atoms with Crippen molar-refractivity contribution < 1.29 is 28.7 Å². The summed E-state index contributed by atoms with van der Waals surface area (Å²) in [5, 5.41) is 13.6. The highest BCUT2D eigenvalue weighted by molar-refractivity contribution is 5.98. The van der Waals surface area contributed by atoms with Gasteiger partial charge < -0.3 is 19.5 Å². The number of nitro benzene ring substituents is 1. The maximum atomic E-state index is 12.3. The molecule has 1 amide bonds. The van der Waals surface area contributed by atoms with E-state index in [2.05, 4.69) is 5.32 Å². The molecule has 1 N–H and O–H groups in total. The van der Waals surface area contributed by atoms with Crippen LogP contribution in [0.2, 0.25) is 0 Å². The van der Waals surface area contributed by atoms with Gasteiger partial charge in [0, 0.05) is 6.08 Å². The zero-order valence-corrected chi connectivity index (χ0v) is 16.8. The van der Waals surface area contributed by atoms with Crippen LogP contribution in [0.15, 0.2) is 48.5 Å². The van der Waals surface area contributed by atoms with Gasteiger partial charge in [0.1, 0.15) is 17.2 Å². The average Bonchev–Trinajstić information content (AvgIpc) is 2.73. The Bertz CT molecular complexity index is 939. The SMILES string of the molecule is CCOc1ccc(/C=C/C(=O)OC(C)C(=O)Nc2ccc(OC)cc2[N+](=O)[O-])cc1. The second kappa shape index (κ2) is 10.6. The second-order valence-corrected chi connectivity index (χ2v) is 6.04. The van der Waals surface area contributed by atoms with Crippen LogP contribution in [0.5, 0.6) is 11.5 Å². The Kier molecular flexibility index (Phi) is 7.92. The number of nitro groups is 1. The van der Waals surface area contributed by atoms with E-state index < -0.39 is 22.9 Å². The molecule has 0 aliphatic carbocycles. The molecule has 0 fully saturated rings. The first-order valence-electron chi connectivity index (χ1n) is 9.09. The van der Waals surface area contributed by atoms with Gasteiger partial charge in [-0.15, -0.1) is 0 Å². The summed E-state index contributed by atoms with van der Waals surface area (Å²) in [6.45, 7) is 3.81. The largest absolute Gasteiger partial charge is 0.496 e. The molecule has 30 heavy (non-hydrogen) atoms. The first kappa shape index (κ1) is 22.4. The number of ether oxygens (including phenoxy) is 3. The lowest BCUT2D eigenvalue weighted by Crippen LogP contribution is -2.29. The highest BCUT2D eigenvalue weighted by atomic mass is 16.6. The number of amides is 1. The molecule has 9 nitrogen and oxygen atoms in total. The number of rotatable bonds is 9. The van der Waals surface area contributed by atoms with Crippen molar-refractivity contribution in [3.8, 4) is 11.5 Å². The van der Waals surface area contributed by atoms with Crippen LogP contribution in [0.3, 0.4) is 0 Å². The number of benzene rings is 2. The Balaban J connectivity index is 1.96. The molecule has 0 aromatic heterocycles. The summed E-state index contributed by atoms with van der Waals surface area (Å²) in [4.78, 5) is 34.8. The van der Waals surface area contributed by atoms with Crippen molar-refractivity contribution in [2.24, 2.45) is 0 Å². The zero-order chi connectivity index (χ0) is 22.1. The van der Waals surface area contributed by atoms with Gasteiger partial charge in [0.15, 0.2) is 6.10 Å². The molecule has 0 spiro atoms. The maximum Gasteiger partial charge on any atom is 0.331 e. The normalized spacial score (nSPS) is 11.6. The summed E-state index contributed by atoms with van der Waals surface area (Å²) >= 11 is 0. The van der Waals surface area contributed by atoms with Crippen LogP contribution in [-0.2, 0) is 14.3 Å². The molecule has 2 rings (SSSR count). The average molecular weight is 414 g/mol. The summed E-state index contributed by atoms with van der Waals surface area (Å²) in [6.07, 6.45) is 1.57. The number of carbonyl (C=O) groups is 2. The third-order valence-electron chi connectivity index (χ3n) is 3.92. The third kappa shape index (κ3) is 6.33. The molecule has 0 heterocycles. The van der Waals surface area contributed by atoms with Crippen molar-refractivity contribution in [2.75, 3.05) is 19.0 Å². The number of hydrogen-bond acceptors (Lipinski definition) is 7. The van der Waals surface area contributed by atoms with E-state index in [1.807, 2.05) is 6.92 Å². The lowest BCUT2D eigenvalue weighted by atomic mass is 10.2. The molecule has 2 aromatic rings. The number of nitrogens with zero attached hydrogens (tertiary/aromatic N) is 1. The Morgan fingerprint density at radius 2 is 1.83 bits per heavy atom. The second-order valence-electron chi connectivity index (χ2n) is 6.04. The monoisotopic (exact) mass is 414 g/mol. The third-order valence-corrected chi connectivity index (χ3v) is 3.92. The summed E-state index contributed by atoms with van der Waals surface area (Å²) in [6, 6.07) is 11.1. The van der Waals surface area contributed by atoms with Gasteiger partial charge in [0.25, 0.3) is 11.6 Å². The molecule has 0 saturated carbocycles. The van der Waals surface area contributed by atoms with Crippen molar-refractivity contribution in [2.45, 2.75) is 20.0 Å². The van der Waals surface area contributed by atoms with E-state index >= 15 is 0 Å². The minimum atomic E-state index is -1.16. The van der Waals surface area contributed by atoms with Crippen molar-refractivity contribution in [1.82, 2.24) is 0 Å². The maximum absolute atomic E-state index is 12.3. The van der Waals surface area contributed by atoms with Gasteiger partial charge in [-0.2, -0.15) is 0 Å². The topological polar surface area (TPSA) is 117 Å². The summed E-state index contributed by atoms with van der Waals surface area (Å²) in [5.41, 5.74) is 0.386. The number of methoxy groups -OCH3 is 1. The van der Waals surface area contributed by atoms with E-state index in [-0.39, 0.29) is 17.1 Å². The van der Waals surface area contributed by atoms with Gasteiger partial charge in [-0.1, -0.05) is 12.1 Å². The lowest BCUT2D eigenvalue weighted by Gasteiger charge is -2.13. The van der Waals surface area contributed by atoms with Gasteiger partial charge in [0.2, 0.25) is 0 Å². The molecule has 9 heteroatoms. The van der Waals surface area contributed by atoms with Crippen LogP contribution in [0, 0.1) is 10.1 Å². The van der Waals surface area contributed by atoms with Crippen molar-refractivity contribution >= 4 is 29.3 Å². The number of nitrogens with one attached hydrogen (secondary N) is 1. The fraction of sp³-hybridized carbons (Fsp3) is 0.238. The van der Waals surface area contributed by atoms with Crippen LogP contribution >= 0.6 is 0 Å². The number of hydrogen-bond donors (Lipinski definition) is 1. The summed E-state index contributed by atoms with van der Waals surface area (Å²) in [5.74, 6) is -0.435. The van der Waals surface area contributed by atoms with E-state index in [4.69, 9.17) is 14.2 Å². The van der Waals surface area contributed by atoms with E-state index in [1.54, 1.807) is 24.3 Å². The van der Waals surface area contributed by atoms with Crippen LogP contribution in [0.25, 0.3) is 6.08 Å². The van der Waals surface area contributed by atoms with Gasteiger partial charge in [0.05, 0.1) is 24.7 Å². The molecular weight excluding hydrogens is 392 g/mol. The molecule has 0 aliphatic rings. The quantitative estimate of drug-likeness (QED) is 0.288. The molecule has 0 saturated heterocycles. The van der Waals surface area contributed by atoms with Crippen molar-refractivity contribution in [3.05, 3.63) is 64.2 Å². The Morgan fingerprint density at radius 1 is 1.17 bits per heavy atom. The Morgan fingerprint density at radius 3 is 2.43 bits per heavy atom. The van der Waals surface area contributed by atoms with E-state index in [0.29, 0.717) is 6.61 Å². The predicted molar refractivity (Wildman–Crippen MR) is 110 cm³/mol. The van der Waals surface area contributed by atoms with Crippen LogP contribution in [-0.4, -0.2) is 36.6 Å². The van der Waals surface area contributed by atoms with Gasteiger partial charge in [-0.25, -0.2) is 4.79 Å². The summed E-state index contributed by atoms with van der Waals surface area (Å²) < 4.78 is 15.3. The van der Waals surface area contributed by atoms with E-state index in [0.717, 1.165) is 11.3 Å². The molecule has 0 aliphatic heterocycles. The molecule has 0 bridgehead atoms. The molecule has 1 unspecified atom stereocenters. The molecule has 0 radical (unpaired) electrons. The standard InChI is InChI=1S/C21H22N2O7/c1-4-29-16-8-5-15(6-9-16)7-12-20(24)30-14(2)21(25)22-18-11-10-17(28-3)13-19(18)23(26)27/h5-14H,4H2,1-3H3,(H,22,25)/b12-7+. The van der Waals surface area contributed by atoms with Gasteiger partial charge in [-0.05, 0) is 49.8 Å². The van der Waals surface area contributed by atoms with Crippen LogP contribution < -0.4 is 14.8 Å². The number of carbonyl (C=O) groups excluding carboxylic acids is 2. The van der Waals surface area contributed by atoms with Crippen molar-refractivity contribution in [3.63, 3.8) is 0 Å². The first-order valence-corrected chi connectivity index (χ1v) is 9.09. The van der Waals surface area contributed by atoms with E-state index in [9.17, 15) is 19.7 Å². The first-order chi connectivity index (χ1) is 14.3. The smallest absolute Gasteiger partial charge is 0.331 e. The van der Waals surface area contributed by atoms with Gasteiger partial charge >= 0.3 is 5.97 Å². The van der Waals surface area contributed by atoms with Crippen LogP contribution in [0.1, 0.15) is 19.4 Å². The predicted octanol–water partition coefficient (Wildman–Crippen LogP) is 3.59. The fourth-order valence-electron chi connectivity index (χ4n) is 2.40. The molecular formula is C21H22N2O7. The molecule has 1 atom stereocenters. The van der Waals surface area contributed by atoms with E-state index in [1.165, 1.54) is 44.4 Å². The number of esters is 1. The Hall–Kier alpha value is -3.88. The molecule has 2 aromatic carbocycles. The highest BCUT2D eigenvalue weighted by Crippen LogP contribution is 2.29. The van der Waals surface area contributed by atoms with Crippen molar-refractivity contribution in [1.29, 1.82) is 0 Å². The highest BCUT2D eigenvalue weighted by Gasteiger charge is 2.22. The molecule has 158 valence electrons. The minimum Gasteiger partial charge on any atom is -0.496 e. The number of anilines is 1. The minimum absolute atomic E-state index is 0.0290. The lowest BCUT2D eigenvalue weighted by molar-refractivity contribution is -0.384. The summed E-state index contributed by atoms with van der Waals surface area (Å²) in [7, 11) is 1.37. The zero-order valence-electron chi connectivity index (χ0n) is 16.8. The fourth-order valence-corrected chi connectivity index (χ4v) is 2.40.